The number of nitrogens with zero attached hydrogens (tertiary/aromatic N) is 4. The molecular formula is C20H20Cl2FN5O. The Hall–Kier alpha value is -2.48. The minimum Gasteiger partial charge on any atom is -0.328 e. The lowest BCUT2D eigenvalue weighted by molar-refractivity contribution is 0.0627. The number of piperazine rings is 1. The summed E-state index contributed by atoms with van der Waals surface area (Å²) < 4.78 is 15.3. The van der Waals surface area contributed by atoms with Gasteiger partial charge in [-0.1, -0.05) is 41.1 Å². The maximum atomic E-state index is 13.7. The molecule has 1 fully saturated rings. The van der Waals surface area contributed by atoms with Gasteiger partial charge in [-0.15, -0.1) is 17.5 Å². The summed E-state index contributed by atoms with van der Waals surface area (Å²) in [4.78, 5) is 15.0. The van der Waals surface area contributed by atoms with E-state index in [-0.39, 0.29) is 35.9 Å². The van der Waals surface area contributed by atoms with Crippen molar-refractivity contribution in [2.24, 2.45) is 0 Å². The highest BCUT2D eigenvalue weighted by Gasteiger charge is 2.32. The predicted octanol–water partition coefficient (Wildman–Crippen LogP) is 3.58. The van der Waals surface area contributed by atoms with E-state index >= 15 is 0 Å². The maximum absolute atomic E-state index is 13.7. The second-order valence-electron chi connectivity index (χ2n) is 6.66. The van der Waals surface area contributed by atoms with Crippen LogP contribution in [0.3, 0.4) is 0 Å². The van der Waals surface area contributed by atoms with Crippen LogP contribution in [0.5, 0.6) is 0 Å². The minimum absolute atomic E-state index is 0. The van der Waals surface area contributed by atoms with Gasteiger partial charge in [0.15, 0.2) is 5.69 Å². The monoisotopic (exact) mass is 435 g/mol. The van der Waals surface area contributed by atoms with Gasteiger partial charge < -0.3 is 10.2 Å². The molecule has 4 rings (SSSR count). The van der Waals surface area contributed by atoms with Gasteiger partial charge in [0, 0.05) is 19.6 Å². The lowest BCUT2D eigenvalue weighted by atomic mass is 10.0. The molecule has 0 saturated carbocycles. The van der Waals surface area contributed by atoms with Gasteiger partial charge in [0.1, 0.15) is 5.82 Å². The highest BCUT2D eigenvalue weighted by Crippen LogP contribution is 2.26. The molecule has 1 N–H and O–H groups in total. The number of carbonyl (C=O) groups excluding carboxylic acids is 1. The Kier molecular flexibility index (Phi) is 6.52. The minimum atomic E-state index is -0.323. The molecule has 6 nitrogen and oxygen atoms in total. The molecule has 0 spiro atoms. The number of halogens is 3. The van der Waals surface area contributed by atoms with Crippen molar-refractivity contribution in [3.05, 3.63) is 76.3 Å². The predicted molar refractivity (Wildman–Crippen MR) is 111 cm³/mol. The first kappa shape index (κ1) is 21.2. The van der Waals surface area contributed by atoms with E-state index in [4.69, 9.17) is 11.6 Å². The van der Waals surface area contributed by atoms with Gasteiger partial charge in [0.25, 0.3) is 5.91 Å². The molecule has 3 aromatic rings. The molecule has 1 atom stereocenters. The lowest BCUT2D eigenvalue weighted by Crippen LogP contribution is -2.49. The van der Waals surface area contributed by atoms with E-state index in [0.717, 1.165) is 5.56 Å². The van der Waals surface area contributed by atoms with Crippen LogP contribution in [-0.4, -0.2) is 45.4 Å². The molecule has 1 aliphatic heterocycles. The zero-order valence-electron chi connectivity index (χ0n) is 15.7. The fraction of sp³-hybridized carbons (Fsp3) is 0.250. The Morgan fingerprint density at radius 1 is 1.24 bits per heavy atom. The van der Waals surface area contributed by atoms with Gasteiger partial charge >= 0.3 is 0 Å². The second kappa shape index (κ2) is 8.90. The first-order valence-corrected chi connectivity index (χ1v) is 9.38. The maximum Gasteiger partial charge on any atom is 0.276 e. The van der Waals surface area contributed by atoms with E-state index < -0.39 is 0 Å². The number of hydrogen-bond donors (Lipinski definition) is 1. The Balaban J connectivity index is 0.00000240. The third-order valence-corrected chi connectivity index (χ3v) is 5.24. The zero-order valence-corrected chi connectivity index (χ0v) is 17.3. The van der Waals surface area contributed by atoms with Crippen molar-refractivity contribution in [3.8, 4) is 5.69 Å². The Morgan fingerprint density at radius 2 is 2.03 bits per heavy atom. The van der Waals surface area contributed by atoms with Crippen LogP contribution in [0.15, 0.2) is 48.5 Å². The fourth-order valence-electron chi connectivity index (χ4n) is 3.47. The summed E-state index contributed by atoms with van der Waals surface area (Å²) in [6.07, 6.45) is 0. The van der Waals surface area contributed by atoms with E-state index in [2.05, 4.69) is 15.6 Å². The van der Waals surface area contributed by atoms with Crippen molar-refractivity contribution in [1.82, 2.24) is 25.2 Å². The molecule has 1 saturated heterocycles. The van der Waals surface area contributed by atoms with Gasteiger partial charge in [-0.25, -0.2) is 9.07 Å². The second-order valence-corrected chi connectivity index (χ2v) is 7.07. The quantitative estimate of drug-likeness (QED) is 0.682. The van der Waals surface area contributed by atoms with Crippen molar-refractivity contribution in [1.29, 1.82) is 0 Å². The van der Waals surface area contributed by atoms with Gasteiger partial charge in [-0.2, -0.15) is 0 Å². The summed E-state index contributed by atoms with van der Waals surface area (Å²) in [6, 6.07) is 13.3. The number of amides is 1. The van der Waals surface area contributed by atoms with Crippen molar-refractivity contribution in [2.45, 2.75) is 13.0 Å². The third kappa shape index (κ3) is 4.12. The number of benzene rings is 2. The average Bonchev–Trinajstić information content (AvgIpc) is 3.09. The Labute approximate surface area is 179 Å². The largest absolute Gasteiger partial charge is 0.328 e. The molecule has 1 unspecified atom stereocenters. The van der Waals surface area contributed by atoms with Gasteiger partial charge in [-0.05, 0) is 36.8 Å². The number of nitrogens with one attached hydrogen (secondary N) is 1. The summed E-state index contributed by atoms with van der Waals surface area (Å²) in [7, 11) is 0. The van der Waals surface area contributed by atoms with E-state index in [1.54, 1.807) is 28.6 Å². The standard InChI is InChI=1S/C20H19ClFN5O.ClH/c1-13-19(24-25-27(13)17-8-3-2-7-16(17)21)20(28)26-10-9-23-12-18(26)14-5-4-6-15(22)11-14;/h2-8,11,18,23H,9-10,12H2,1H3;1H. The number of rotatable bonds is 3. The summed E-state index contributed by atoms with van der Waals surface area (Å²) in [5.41, 5.74) is 2.28. The third-order valence-electron chi connectivity index (χ3n) is 4.92. The van der Waals surface area contributed by atoms with Crippen LogP contribution in [0.25, 0.3) is 5.69 Å². The summed E-state index contributed by atoms with van der Waals surface area (Å²) in [5, 5.41) is 12.0. The lowest BCUT2D eigenvalue weighted by Gasteiger charge is -2.36. The number of aromatic nitrogens is 3. The van der Waals surface area contributed by atoms with Crippen molar-refractivity contribution in [3.63, 3.8) is 0 Å². The van der Waals surface area contributed by atoms with E-state index in [1.165, 1.54) is 12.1 Å². The van der Waals surface area contributed by atoms with Crippen LogP contribution >= 0.6 is 24.0 Å². The Morgan fingerprint density at radius 3 is 2.79 bits per heavy atom. The Bertz CT molecular complexity index is 1030. The van der Waals surface area contributed by atoms with Crippen molar-refractivity contribution >= 4 is 29.9 Å². The van der Waals surface area contributed by atoms with E-state index in [1.807, 2.05) is 24.3 Å². The van der Waals surface area contributed by atoms with Gasteiger partial charge in [0.2, 0.25) is 0 Å². The molecule has 2 heterocycles. The SMILES string of the molecule is Cc1c(C(=O)N2CCNCC2c2cccc(F)c2)nnn1-c1ccccc1Cl.Cl. The summed E-state index contributed by atoms with van der Waals surface area (Å²) >= 11 is 6.26. The number of para-hydroxylation sites is 1. The molecule has 29 heavy (non-hydrogen) atoms. The number of carbonyl (C=O) groups is 1. The molecule has 0 aliphatic carbocycles. The van der Waals surface area contributed by atoms with E-state index in [9.17, 15) is 9.18 Å². The highest BCUT2D eigenvalue weighted by molar-refractivity contribution is 6.32. The van der Waals surface area contributed by atoms with Gasteiger partial charge in [-0.3, -0.25) is 4.79 Å². The molecule has 9 heteroatoms. The molecule has 1 amide bonds. The van der Waals surface area contributed by atoms with Crippen molar-refractivity contribution in [2.75, 3.05) is 19.6 Å². The first-order chi connectivity index (χ1) is 13.6. The molecule has 1 aromatic heterocycles. The van der Waals surface area contributed by atoms with Gasteiger partial charge in [0.05, 0.1) is 22.4 Å². The molecular weight excluding hydrogens is 416 g/mol. The molecule has 2 aromatic carbocycles. The van der Waals surface area contributed by atoms with Crippen molar-refractivity contribution < 1.29 is 9.18 Å². The summed E-state index contributed by atoms with van der Waals surface area (Å²) in [6.45, 7) is 3.50. The molecule has 0 bridgehead atoms. The zero-order chi connectivity index (χ0) is 19.7. The van der Waals surface area contributed by atoms with Crippen LogP contribution in [0.1, 0.15) is 27.8 Å². The molecule has 152 valence electrons. The molecule has 1 aliphatic rings. The van der Waals surface area contributed by atoms with Crippen LogP contribution in [0.4, 0.5) is 4.39 Å². The highest BCUT2D eigenvalue weighted by atomic mass is 35.5. The molecule has 0 radical (unpaired) electrons. The van der Waals surface area contributed by atoms with Crippen LogP contribution in [0, 0.1) is 12.7 Å². The fourth-order valence-corrected chi connectivity index (χ4v) is 3.69. The van der Waals surface area contributed by atoms with Crippen LogP contribution in [0.2, 0.25) is 5.02 Å². The van der Waals surface area contributed by atoms with Crippen LogP contribution < -0.4 is 5.32 Å². The van der Waals surface area contributed by atoms with E-state index in [0.29, 0.717) is 36.0 Å². The normalized spacial score (nSPS) is 16.4. The van der Waals surface area contributed by atoms with Crippen LogP contribution in [-0.2, 0) is 0 Å². The smallest absolute Gasteiger partial charge is 0.276 e. The average molecular weight is 436 g/mol. The summed E-state index contributed by atoms with van der Waals surface area (Å²) in [5.74, 6) is -0.553. The topological polar surface area (TPSA) is 63.1 Å². The number of hydrogen-bond acceptors (Lipinski definition) is 4. The first-order valence-electron chi connectivity index (χ1n) is 9.00.